The molecule has 1 aliphatic carbocycles. The molecule has 68 valence electrons. The van der Waals surface area contributed by atoms with Crippen molar-refractivity contribution >= 4 is 6.08 Å². The molecule has 2 rings (SSSR count). The van der Waals surface area contributed by atoms with Crippen LogP contribution in [0.3, 0.4) is 0 Å². The minimum Gasteiger partial charge on any atom is -0.388 e. The van der Waals surface area contributed by atoms with Gasteiger partial charge in [0.1, 0.15) is 0 Å². The SMILES string of the molecule is CC[C@H]1C=Cc2ccccc2[C@H]1O. The van der Waals surface area contributed by atoms with E-state index < -0.39 is 0 Å². The second-order valence-corrected chi connectivity index (χ2v) is 3.50. The molecule has 0 spiro atoms. The molecule has 0 fully saturated rings. The maximum atomic E-state index is 9.97. The standard InChI is InChI=1S/C12H14O/c1-2-9-7-8-10-5-3-4-6-11(10)12(9)13/h3-9,12-13H,2H2,1H3/t9-,12-/m0/s1. The second-order valence-electron chi connectivity index (χ2n) is 3.50. The number of benzene rings is 1. The Bertz CT molecular complexity index is 328. The first kappa shape index (κ1) is 8.52. The van der Waals surface area contributed by atoms with E-state index in [2.05, 4.69) is 19.1 Å². The first-order valence-electron chi connectivity index (χ1n) is 4.78. The van der Waals surface area contributed by atoms with Gasteiger partial charge in [-0.2, -0.15) is 0 Å². The lowest BCUT2D eigenvalue weighted by Crippen LogP contribution is -2.13. The van der Waals surface area contributed by atoms with Crippen LogP contribution >= 0.6 is 0 Å². The van der Waals surface area contributed by atoms with Crippen molar-refractivity contribution in [2.45, 2.75) is 19.4 Å². The van der Waals surface area contributed by atoms with Crippen molar-refractivity contribution in [3.8, 4) is 0 Å². The zero-order valence-corrected chi connectivity index (χ0v) is 7.77. The predicted molar refractivity (Wildman–Crippen MR) is 54.2 cm³/mol. The summed E-state index contributed by atoms with van der Waals surface area (Å²) < 4.78 is 0. The van der Waals surface area contributed by atoms with Gasteiger partial charge in [-0.25, -0.2) is 0 Å². The third-order valence-electron chi connectivity index (χ3n) is 2.71. The molecule has 0 aromatic heterocycles. The molecule has 0 saturated carbocycles. The Morgan fingerprint density at radius 2 is 2.08 bits per heavy atom. The summed E-state index contributed by atoms with van der Waals surface area (Å²) in [5.41, 5.74) is 2.22. The lowest BCUT2D eigenvalue weighted by atomic mass is 9.85. The third kappa shape index (κ3) is 1.40. The van der Waals surface area contributed by atoms with E-state index in [1.807, 2.05) is 24.3 Å². The van der Waals surface area contributed by atoms with E-state index in [9.17, 15) is 5.11 Å². The highest BCUT2D eigenvalue weighted by molar-refractivity contribution is 5.57. The van der Waals surface area contributed by atoms with Crippen molar-refractivity contribution in [2.24, 2.45) is 5.92 Å². The van der Waals surface area contributed by atoms with Crippen LogP contribution in [0.2, 0.25) is 0 Å². The summed E-state index contributed by atoms with van der Waals surface area (Å²) in [6.45, 7) is 2.10. The average molecular weight is 174 g/mol. The van der Waals surface area contributed by atoms with Crippen molar-refractivity contribution < 1.29 is 5.11 Å². The zero-order chi connectivity index (χ0) is 9.26. The summed E-state index contributed by atoms with van der Waals surface area (Å²) in [7, 11) is 0. The van der Waals surface area contributed by atoms with Crippen molar-refractivity contribution in [1.29, 1.82) is 0 Å². The molecule has 0 aliphatic heterocycles. The van der Waals surface area contributed by atoms with E-state index >= 15 is 0 Å². The van der Waals surface area contributed by atoms with Crippen LogP contribution < -0.4 is 0 Å². The predicted octanol–water partition coefficient (Wildman–Crippen LogP) is 2.77. The number of aliphatic hydroxyl groups excluding tert-OH is 1. The number of fused-ring (bicyclic) bond motifs is 1. The Labute approximate surface area is 78.7 Å². The van der Waals surface area contributed by atoms with Gasteiger partial charge in [0.05, 0.1) is 6.10 Å². The first-order valence-corrected chi connectivity index (χ1v) is 4.78. The van der Waals surface area contributed by atoms with Crippen LogP contribution in [0, 0.1) is 5.92 Å². The Kier molecular flexibility index (Phi) is 2.19. The highest BCUT2D eigenvalue weighted by atomic mass is 16.3. The van der Waals surface area contributed by atoms with Crippen LogP contribution in [0.25, 0.3) is 6.08 Å². The molecule has 0 unspecified atom stereocenters. The fourth-order valence-corrected chi connectivity index (χ4v) is 1.85. The van der Waals surface area contributed by atoms with Crippen molar-refractivity contribution in [3.63, 3.8) is 0 Å². The number of hydrogen-bond donors (Lipinski definition) is 1. The molecule has 13 heavy (non-hydrogen) atoms. The molecule has 1 aliphatic rings. The monoisotopic (exact) mass is 174 g/mol. The minimum absolute atomic E-state index is 0.287. The van der Waals surface area contributed by atoms with Gasteiger partial charge in [0.25, 0.3) is 0 Å². The van der Waals surface area contributed by atoms with Crippen LogP contribution in [0.5, 0.6) is 0 Å². The molecule has 1 aromatic carbocycles. The van der Waals surface area contributed by atoms with Gasteiger partial charge in [0.15, 0.2) is 0 Å². The van der Waals surface area contributed by atoms with Gasteiger partial charge >= 0.3 is 0 Å². The molecule has 1 heteroatoms. The largest absolute Gasteiger partial charge is 0.388 e. The van der Waals surface area contributed by atoms with Crippen LogP contribution in [-0.2, 0) is 0 Å². The van der Waals surface area contributed by atoms with Gasteiger partial charge < -0.3 is 5.11 Å². The first-order chi connectivity index (χ1) is 6.33. The van der Waals surface area contributed by atoms with Gasteiger partial charge in [0, 0.05) is 5.92 Å². The van der Waals surface area contributed by atoms with E-state index in [-0.39, 0.29) is 12.0 Å². The number of rotatable bonds is 1. The van der Waals surface area contributed by atoms with Crippen LogP contribution in [0.1, 0.15) is 30.6 Å². The van der Waals surface area contributed by atoms with E-state index in [0.717, 1.165) is 17.5 Å². The highest BCUT2D eigenvalue weighted by Gasteiger charge is 2.21. The number of aliphatic hydroxyl groups is 1. The lowest BCUT2D eigenvalue weighted by molar-refractivity contribution is 0.128. The summed E-state index contributed by atoms with van der Waals surface area (Å²) >= 11 is 0. The summed E-state index contributed by atoms with van der Waals surface area (Å²) in [4.78, 5) is 0. The van der Waals surface area contributed by atoms with Crippen LogP contribution in [0.15, 0.2) is 30.3 Å². The molecule has 0 saturated heterocycles. The molecule has 0 heterocycles. The molecule has 0 amide bonds. The molecular weight excluding hydrogens is 160 g/mol. The summed E-state index contributed by atoms with van der Waals surface area (Å²) in [6, 6.07) is 8.03. The lowest BCUT2D eigenvalue weighted by Gasteiger charge is -2.24. The van der Waals surface area contributed by atoms with Gasteiger partial charge in [-0.1, -0.05) is 43.3 Å². The minimum atomic E-state index is -0.314. The molecule has 1 nitrogen and oxygen atoms in total. The normalized spacial score (nSPS) is 25.7. The van der Waals surface area contributed by atoms with Crippen LogP contribution in [0.4, 0.5) is 0 Å². The molecular formula is C12H14O. The highest BCUT2D eigenvalue weighted by Crippen LogP contribution is 2.33. The summed E-state index contributed by atoms with van der Waals surface area (Å²) in [6.07, 6.45) is 4.89. The van der Waals surface area contributed by atoms with E-state index in [4.69, 9.17) is 0 Å². The topological polar surface area (TPSA) is 20.2 Å². The second kappa shape index (κ2) is 3.35. The number of hydrogen-bond acceptors (Lipinski definition) is 1. The van der Waals surface area contributed by atoms with E-state index in [0.29, 0.717) is 0 Å². The zero-order valence-electron chi connectivity index (χ0n) is 7.77. The van der Waals surface area contributed by atoms with Crippen molar-refractivity contribution in [2.75, 3.05) is 0 Å². The van der Waals surface area contributed by atoms with Crippen LogP contribution in [-0.4, -0.2) is 5.11 Å². The Balaban J connectivity index is 2.42. The van der Waals surface area contributed by atoms with Gasteiger partial charge in [-0.05, 0) is 17.5 Å². The van der Waals surface area contributed by atoms with Crippen molar-refractivity contribution in [3.05, 3.63) is 41.5 Å². The summed E-state index contributed by atoms with van der Waals surface area (Å²) in [5, 5.41) is 9.97. The Morgan fingerprint density at radius 3 is 2.85 bits per heavy atom. The van der Waals surface area contributed by atoms with Gasteiger partial charge in [-0.15, -0.1) is 0 Å². The maximum absolute atomic E-state index is 9.97. The van der Waals surface area contributed by atoms with E-state index in [1.165, 1.54) is 0 Å². The molecule has 1 N–H and O–H groups in total. The molecule has 0 radical (unpaired) electrons. The molecule has 2 atom stereocenters. The Morgan fingerprint density at radius 1 is 1.31 bits per heavy atom. The average Bonchev–Trinajstić information content (AvgIpc) is 2.19. The third-order valence-corrected chi connectivity index (χ3v) is 2.71. The quantitative estimate of drug-likeness (QED) is 0.694. The molecule has 0 bridgehead atoms. The van der Waals surface area contributed by atoms with Crippen molar-refractivity contribution in [1.82, 2.24) is 0 Å². The summed E-state index contributed by atoms with van der Waals surface area (Å²) in [5.74, 6) is 0.287. The molecule has 1 aromatic rings. The smallest absolute Gasteiger partial charge is 0.0858 e. The van der Waals surface area contributed by atoms with Gasteiger partial charge in [0.2, 0.25) is 0 Å². The fourth-order valence-electron chi connectivity index (χ4n) is 1.85. The maximum Gasteiger partial charge on any atom is 0.0858 e. The van der Waals surface area contributed by atoms with Gasteiger partial charge in [-0.3, -0.25) is 0 Å². The Hall–Kier alpha value is -1.08. The fraction of sp³-hybridized carbons (Fsp3) is 0.333. The van der Waals surface area contributed by atoms with E-state index in [1.54, 1.807) is 0 Å².